The Labute approximate surface area is 147 Å². The minimum atomic E-state index is -1.65. The number of ether oxygens (including phenoxy) is 1. The smallest absolute Gasteiger partial charge is 0.118 e. The number of halogens is 1. The molecule has 1 heterocycles. The van der Waals surface area contributed by atoms with Crippen LogP contribution in [0.4, 0.5) is 0 Å². The Morgan fingerprint density at radius 2 is 1.29 bits per heavy atom. The summed E-state index contributed by atoms with van der Waals surface area (Å²) >= 11 is 21.4. The molecular weight excluding hydrogens is 398 g/mol. The van der Waals surface area contributed by atoms with Crippen LogP contribution in [0, 0.1) is 0 Å². The number of benzene rings is 2. The van der Waals surface area contributed by atoms with Crippen LogP contribution in [0.15, 0.2) is 48.5 Å². The highest BCUT2D eigenvalue weighted by molar-refractivity contribution is 9.48. The van der Waals surface area contributed by atoms with Crippen molar-refractivity contribution in [1.29, 1.82) is 0 Å². The molecule has 1 aliphatic rings. The average Bonchev–Trinajstić information content (AvgIpc) is 2.46. The van der Waals surface area contributed by atoms with Crippen LogP contribution in [-0.2, 0) is 23.6 Å². The highest BCUT2D eigenvalue weighted by Gasteiger charge is 2.45. The van der Waals surface area contributed by atoms with E-state index in [0.717, 1.165) is 10.8 Å². The minimum absolute atomic E-state index is 0.741. The van der Waals surface area contributed by atoms with Crippen molar-refractivity contribution < 1.29 is 4.74 Å². The Balaban J connectivity index is 1.83. The highest BCUT2D eigenvalue weighted by atomic mass is 35.5. The van der Waals surface area contributed by atoms with Gasteiger partial charge in [0, 0.05) is 15.6 Å². The second kappa shape index (κ2) is 6.20. The van der Waals surface area contributed by atoms with Crippen LogP contribution in [0.25, 0.3) is 0 Å². The molecule has 0 unspecified atom stereocenters. The third kappa shape index (κ3) is 3.26. The standard InChI is InChI=1S/C13H11ClOP2S4/c1-15-11-4-8-13(9-5-11)17(19)20-16(18,21-17)12-6-2-10(14)3-7-12/h2-9H,1H3. The summed E-state index contributed by atoms with van der Waals surface area (Å²) in [7, 11) is 1.67. The molecule has 0 N–H and O–H groups in total. The molecule has 110 valence electrons. The van der Waals surface area contributed by atoms with Gasteiger partial charge in [-0.25, -0.2) is 0 Å². The maximum atomic E-state index is 5.94. The topological polar surface area (TPSA) is 9.23 Å². The second-order valence-corrected chi connectivity index (χ2v) is 26.1. The Morgan fingerprint density at radius 3 is 1.71 bits per heavy atom. The molecule has 8 heteroatoms. The van der Waals surface area contributed by atoms with Crippen LogP contribution in [0.2, 0.25) is 5.02 Å². The van der Waals surface area contributed by atoms with Crippen LogP contribution >= 0.6 is 42.5 Å². The Hall–Kier alpha value is 0.530. The molecule has 0 spiro atoms. The summed E-state index contributed by atoms with van der Waals surface area (Å²) in [6.45, 7) is 0. The van der Waals surface area contributed by atoms with E-state index in [9.17, 15) is 0 Å². The third-order valence-corrected chi connectivity index (χ3v) is 34.4. The molecule has 2 aromatic carbocycles. The zero-order chi connectivity index (χ0) is 15.1. The van der Waals surface area contributed by atoms with Crippen molar-refractivity contribution in [2.24, 2.45) is 0 Å². The van der Waals surface area contributed by atoms with Crippen LogP contribution in [0.1, 0.15) is 0 Å². The molecule has 1 saturated heterocycles. The second-order valence-electron chi connectivity index (χ2n) is 4.33. The van der Waals surface area contributed by atoms with E-state index >= 15 is 0 Å². The molecule has 1 nitrogen and oxygen atoms in total. The van der Waals surface area contributed by atoms with Crippen molar-refractivity contribution in [2.45, 2.75) is 0 Å². The fourth-order valence-electron chi connectivity index (χ4n) is 1.87. The van der Waals surface area contributed by atoms with Gasteiger partial charge in [-0.05, 0) is 36.4 Å². The van der Waals surface area contributed by atoms with Gasteiger partial charge in [0.25, 0.3) is 0 Å². The average molecular weight is 409 g/mol. The highest BCUT2D eigenvalue weighted by Crippen LogP contribution is 3.04. The molecule has 1 aliphatic heterocycles. The third-order valence-electron chi connectivity index (χ3n) is 2.96. The van der Waals surface area contributed by atoms with Crippen LogP contribution in [-0.4, -0.2) is 7.11 Å². The molecule has 3 rings (SSSR count). The van der Waals surface area contributed by atoms with E-state index in [2.05, 4.69) is 12.1 Å². The van der Waals surface area contributed by atoms with Gasteiger partial charge in [-0.1, -0.05) is 69.4 Å². The molecule has 0 radical (unpaired) electrons. The predicted molar refractivity (Wildman–Crippen MR) is 107 cm³/mol. The van der Waals surface area contributed by atoms with Gasteiger partial charge in [-0.15, -0.1) is 0 Å². The Bertz CT molecular complexity index is 747. The van der Waals surface area contributed by atoms with Crippen molar-refractivity contribution in [3.63, 3.8) is 0 Å². The van der Waals surface area contributed by atoms with E-state index in [4.69, 9.17) is 40.0 Å². The molecule has 0 amide bonds. The molecule has 0 aliphatic carbocycles. The van der Waals surface area contributed by atoms with Crippen LogP contribution in [0.3, 0.4) is 0 Å². The van der Waals surface area contributed by atoms with Gasteiger partial charge in [0.05, 0.1) is 16.0 Å². The first-order valence-corrected chi connectivity index (χ1v) is 16.0. The summed E-state index contributed by atoms with van der Waals surface area (Å²) in [5.74, 6) is 0.855. The first-order chi connectivity index (χ1) is 9.95. The van der Waals surface area contributed by atoms with Crippen molar-refractivity contribution in [3.8, 4) is 5.75 Å². The molecule has 1 fully saturated rings. The maximum absolute atomic E-state index is 5.94. The lowest BCUT2D eigenvalue weighted by atomic mass is 10.3. The summed E-state index contributed by atoms with van der Waals surface area (Å²) in [6.07, 6.45) is 0. The van der Waals surface area contributed by atoms with Crippen molar-refractivity contribution in [1.82, 2.24) is 0 Å². The molecule has 21 heavy (non-hydrogen) atoms. The SMILES string of the molecule is COc1ccc(P2(=S)SP(=S)(c3ccc(Cl)cc3)S2)cc1. The largest absolute Gasteiger partial charge is 0.497 e. The van der Waals surface area contributed by atoms with E-state index in [1.807, 2.05) is 58.4 Å². The molecule has 2 aromatic rings. The first-order valence-electron chi connectivity index (χ1n) is 5.99. The summed E-state index contributed by atoms with van der Waals surface area (Å²) < 4.78 is 1.89. The summed E-state index contributed by atoms with van der Waals surface area (Å²) in [5.41, 5.74) is 0. The van der Waals surface area contributed by atoms with Gasteiger partial charge in [-0.3, -0.25) is 0 Å². The fourth-order valence-corrected chi connectivity index (χ4v) is 44.3. The number of rotatable bonds is 3. The fraction of sp³-hybridized carbons (Fsp3) is 0.0769. The maximum Gasteiger partial charge on any atom is 0.118 e. The number of hydrogen-bond acceptors (Lipinski definition) is 5. The van der Waals surface area contributed by atoms with Gasteiger partial charge in [-0.2, -0.15) is 0 Å². The summed E-state index contributed by atoms with van der Waals surface area (Å²) in [5, 5.41) is 3.15. The number of methoxy groups -OCH3 is 1. The van der Waals surface area contributed by atoms with Gasteiger partial charge in [0.1, 0.15) is 5.75 Å². The summed E-state index contributed by atoms with van der Waals surface area (Å²) in [4.78, 5) is 0. The Kier molecular flexibility index (Phi) is 4.84. The molecule has 0 aromatic heterocycles. The zero-order valence-electron chi connectivity index (χ0n) is 10.9. The molecule has 0 bridgehead atoms. The Morgan fingerprint density at radius 1 is 0.857 bits per heavy atom. The van der Waals surface area contributed by atoms with Crippen LogP contribution in [0.5, 0.6) is 5.75 Å². The van der Waals surface area contributed by atoms with Gasteiger partial charge < -0.3 is 4.74 Å². The van der Waals surface area contributed by atoms with Crippen molar-refractivity contribution in [3.05, 3.63) is 53.6 Å². The van der Waals surface area contributed by atoms with E-state index in [0.29, 0.717) is 0 Å². The zero-order valence-corrected chi connectivity index (χ0v) is 16.7. The minimum Gasteiger partial charge on any atom is -0.497 e. The van der Waals surface area contributed by atoms with E-state index in [1.54, 1.807) is 7.11 Å². The van der Waals surface area contributed by atoms with Crippen molar-refractivity contribution in [2.75, 3.05) is 7.11 Å². The monoisotopic (exact) mass is 408 g/mol. The quantitative estimate of drug-likeness (QED) is 0.627. The lowest BCUT2D eigenvalue weighted by molar-refractivity contribution is 0.415. The predicted octanol–water partition coefficient (Wildman–Crippen LogP) is 5.40. The van der Waals surface area contributed by atoms with E-state index < -0.39 is 8.88 Å². The lowest BCUT2D eigenvalue weighted by Gasteiger charge is -2.40. The normalized spacial score (nSPS) is 27.9. The van der Waals surface area contributed by atoms with E-state index in [-0.39, 0.29) is 0 Å². The first kappa shape index (κ1) is 16.4. The van der Waals surface area contributed by atoms with Gasteiger partial charge in [0.2, 0.25) is 0 Å². The summed E-state index contributed by atoms with van der Waals surface area (Å²) in [6, 6.07) is 16.0. The molecule has 0 saturated carbocycles. The lowest BCUT2D eigenvalue weighted by Crippen LogP contribution is -2.08. The van der Waals surface area contributed by atoms with Crippen LogP contribution < -0.4 is 15.3 Å². The van der Waals surface area contributed by atoms with E-state index in [1.165, 1.54) is 10.6 Å². The van der Waals surface area contributed by atoms with Crippen molar-refractivity contribution >= 4 is 76.7 Å². The molecular formula is C13H11ClOP2S4. The number of hydrogen-bond donors (Lipinski definition) is 0. The van der Waals surface area contributed by atoms with Gasteiger partial charge >= 0.3 is 0 Å². The molecule has 0 atom stereocenters. The van der Waals surface area contributed by atoms with Gasteiger partial charge in [0.15, 0.2) is 0 Å².